The van der Waals surface area contributed by atoms with Crippen molar-refractivity contribution in [3.8, 4) is 0 Å². The third kappa shape index (κ3) is 5.26. The van der Waals surface area contributed by atoms with Gasteiger partial charge in [0, 0.05) is 46.3 Å². The molecule has 2 heterocycles. The van der Waals surface area contributed by atoms with E-state index in [4.69, 9.17) is 9.26 Å². The maximum Gasteiger partial charge on any atom is 0.243 e. The number of hydrogen-bond donors (Lipinski definition) is 1. The Labute approximate surface area is 137 Å². The quantitative estimate of drug-likeness (QED) is 0.677. The predicted molar refractivity (Wildman–Crippen MR) is 85.0 cm³/mol. The molecule has 1 unspecified atom stereocenters. The van der Waals surface area contributed by atoms with Crippen LogP contribution < -0.4 is 5.32 Å². The van der Waals surface area contributed by atoms with E-state index in [0.29, 0.717) is 25.6 Å². The molecule has 0 bridgehead atoms. The van der Waals surface area contributed by atoms with E-state index in [9.17, 15) is 4.79 Å². The number of carbonyl (C=O) groups is 1. The summed E-state index contributed by atoms with van der Waals surface area (Å²) in [5, 5.41) is 6.80. The highest BCUT2D eigenvalue weighted by Crippen LogP contribution is 2.20. The lowest BCUT2D eigenvalue weighted by Gasteiger charge is -2.36. The van der Waals surface area contributed by atoms with E-state index >= 15 is 0 Å². The standard InChI is InChI=1S/C15H27N5O3/c1-4-13-17-15(23-18-13)12(2)20-8-6-19(7-9-20)11-14(21)16-5-10-22-3/h12H,4-11H2,1-3H3,(H,16,21). The summed E-state index contributed by atoms with van der Waals surface area (Å²) in [5.41, 5.74) is 0. The van der Waals surface area contributed by atoms with Crippen LogP contribution in [0.15, 0.2) is 4.52 Å². The number of carbonyl (C=O) groups excluding carboxylic acids is 1. The fourth-order valence-corrected chi connectivity index (χ4v) is 2.60. The van der Waals surface area contributed by atoms with Gasteiger partial charge in [-0.2, -0.15) is 4.98 Å². The van der Waals surface area contributed by atoms with E-state index in [0.717, 1.165) is 38.4 Å². The van der Waals surface area contributed by atoms with Gasteiger partial charge >= 0.3 is 0 Å². The van der Waals surface area contributed by atoms with Gasteiger partial charge in [0.25, 0.3) is 0 Å². The molecule has 1 amide bonds. The largest absolute Gasteiger partial charge is 0.383 e. The zero-order valence-electron chi connectivity index (χ0n) is 14.2. The summed E-state index contributed by atoms with van der Waals surface area (Å²) < 4.78 is 10.2. The molecule has 0 saturated carbocycles. The van der Waals surface area contributed by atoms with Gasteiger partial charge in [-0.3, -0.25) is 14.6 Å². The number of nitrogens with zero attached hydrogens (tertiary/aromatic N) is 4. The monoisotopic (exact) mass is 325 g/mol. The molecule has 130 valence electrons. The number of aryl methyl sites for hydroxylation is 1. The first-order chi connectivity index (χ1) is 11.1. The molecule has 1 aromatic heterocycles. The minimum absolute atomic E-state index is 0.0491. The Morgan fingerprint density at radius 1 is 1.39 bits per heavy atom. The van der Waals surface area contributed by atoms with Crippen LogP contribution >= 0.6 is 0 Å². The summed E-state index contributed by atoms with van der Waals surface area (Å²) in [5.74, 6) is 1.47. The molecule has 0 radical (unpaired) electrons. The van der Waals surface area contributed by atoms with E-state index in [1.54, 1.807) is 7.11 Å². The third-order valence-corrected chi connectivity index (χ3v) is 4.11. The molecule has 1 aliphatic rings. The average molecular weight is 325 g/mol. The van der Waals surface area contributed by atoms with E-state index < -0.39 is 0 Å². The van der Waals surface area contributed by atoms with Gasteiger partial charge in [-0.25, -0.2) is 0 Å². The first kappa shape index (κ1) is 17.8. The van der Waals surface area contributed by atoms with Crippen LogP contribution in [0.2, 0.25) is 0 Å². The number of methoxy groups -OCH3 is 1. The number of aromatic nitrogens is 2. The summed E-state index contributed by atoms with van der Waals surface area (Å²) >= 11 is 0. The van der Waals surface area contributed by atoms with Crippen LogP contribution in [0.3, 0.4) is 0 Å². The van der Waals surface area contributed by atoms with Crippen LogP contribution in [-0.2, 0) is 16.0 Å². The van der Waals surface area contributed by atoms with Crippen molar-refractivity contribution in [2.45, 2.75) is 26.3 Å². The molecule has 1 saturated heterocycles. The molecule has 1 atom stereocenters. The van der Waals surface area contributed by atoms with Crippen LogP contribution in [0.5, 0.6) is 0 Å². The Morgan fingerprint density at radius 2 is 2.13 bits per heavy atom. The zero-order valence-corrected chi connectivity index (χ0v) is 14.2. The lowest BCUT2D eigenvalue weighted by atomic mass is 10.2. The molecular formula is C15H27N5O3. The molecule has 1 aliphatic heterocycles. The van der Waals surface area contributed by atoms with Crippen molar-refractivity contribution in [3.63, 3.8) is 0 Å². The number of hydrogen-bond acceptors (Lipinski definition) is 7. The molecule has 1 aromatic rings. The van der Waals surface area contributed by atoms with E-state index in [2.05, 4.69) is 32.2 Å². The van der Waals surface area contributed by atoms with Crippen LogP contribution in [-0.4, -0.2) is 78.8 Å². The third-order valence-electron chi connectivity index (χ3n) is 4.11. The van der Waals surface area contributed by atoms with Crippen LogP contribution in [0.1, 0.15) is 31.6 Å². The highest BCUT2D eigenvalue weighted by molar-refractivity contribution is 5.77. The fourth-order valence-electron chi connectivity index (χ4n) is 2.60. The second kappa shape index (κ2) is 8.95. The van der Waals surface area contributed by atoms with Gasteiger partial charge in [-0.1, -0.05) is 12.1 Å². The smallest absolute Gasteiger partial charge is 0.243 e. The number of nitrogens with one attached hydrogen (secondary N) is 1. The Morgan fingerprint density at radius 3 is 2.74 bits per heavy atom. The summed E-state index contributed by atoms with van der Waals surface area (Å²) in [7, 11) is 1.62. The van der Waals surface area contributed by atoms with Gasteiger partial charge in [-0.15, -0.1) is 0 Å². The molecule has 0 spiro atoms. The summed E-state index contributed by atoms with van der Waals surface area (Å²) in [4.78, 5) is 20.7. The molecule has 23 heavy (non-hydrogen) atoms. The number of ether oxygens (including phenoxy) is 1. The Bertz CT molecular complexity index is 485. The van der Waals surface area contributed by atoms with Crippen molar-refractivity contribution < 1.29 is 14.1 Å². The molecular weight excluding hydrogens is 298 g/mol. The van der Waals surface area contributed by atoms with Crippen molar-refractivity contribution in [2.24, 2.45) is 0 Å². The zero-order chi connectivity index (χ0) is 16.7. The van der Waals surface area contributed by atoms with Crippen molar-refractivity contribution in [2.75, 3.05) is 53.0 Å². The topological polar surface area (TPSA) is 83.7 Å². The van der Waals surface area contributed by atoms with E-state index in [-0.39, 0.29) is 11.9 Å². The van der Waals surface area contributed by atoms with Gasteiger partial charge in [0.15, 0.2) is 5.82 Å². The highest BCUT2D eigenvalue weighted by Gasteiger charge is 2.26. The normalized spacial score (nSPS) is 18.0. The minimum atomic E-state index is 0.0491. The minimum Gasteiger partial charge on any atom is -0.383 e. The number of rotatable bonds is 8. The van der Waals surface area contributed by atoms with E-state index in [1.165, 1.54) is 0 Å². The summed E-state index contributed by atoms with van der Waals surface area (Å²) in [6.07, 6.45) is 0.780. The Balaban J connectivity index is 1.73. The Hall–Kier alpha value is -1.51. The van der Waals surface area contributed by atoms with Crippen LogP contribution in [0.25, 0.3) is 0 Å². The van der Waals surface area contributed by atoms with Crippen molar-refractivity contribution in [1.29, 1.82) is 0 Å². The highest BCUT2D eigenvalue weighted by atomic mass is 16.5. The fraction of sp³-hybridized carbons (Fsp3) is 0.800. The molecule has 0 aliphatic carbocycles. The Kier molecular flexibility index (Phi) is 6.94. The number of piperazine rings is 1. The van der Waals surface area contributed by atoms with Crippen LogP contribution in [0, 0.1) is 0 Å². The van der Waals surface area contributed by atoms with Crippen molar-refractivity contribution in [3.05, 3.63) is 11.7 Å². The lowest BCUT2D eigenvalue weighted by Crippen LogP contribution is -2.50. The predicted octanol–water partition coefficient (Wildman–Crippen LogP) is 0.0732. The van der Waals surface area contributed by atoms with Crippen molar-refractivity contribution in [1.82, 2.24) is 25.3 Å². The lowest BCUT2D eigenvalue weighted by molar-refractivity contribution is -0.122. The SMILES string of the molecule is CCc1noc(C(C)N2CCN(CC(=O)NCCOC)CC2)n1. The molecule has 8 heteroatoms. The van der Waals surface area contributed by atoms with Crippen molar-refractivity contribution >= 4 is 5.91 Å². The summed E-state index contributed by atoms with van der Waals surface area (Å²) in [6, 6.07) is 0.112. The van der Waals surface area contributed by atoms with Gasteiger partial charge in [-0.05, 0) is 6.92 Å². The maximum absolute atomic E-state index is 11.8. The molecule has 1 N–H and O–H groups in total. The molecule has 0 aromatic carbocycles. The van der Waals surface area contributed by atoms with E-state index in [1.807, 2.05) is 6.92 Å². The maximum atomic E-state index is 11.8. The molecule has 8 nitrogen and oxygen atoms in total. The number of amides is 1. The molecule has 2 rings (SSSR count). The van der Waals surface area contributed by atoms with Gasteiger partial charge in [0.1, 0.15) is 0 Å². The van der Waals surface area contributed by atoms with Gasteiger partial charge in [0.2, 0.25) is 11.8 Å². The first-order valence-corrected chi connectivity index (χ1v) is 8.18. The molecule has 1 fully saturated rings. The second-order valence-corrected chi connectivity index (χ2v) is 5.73. The van der Waals surface area contributed by atoms with Crippen LogP contribution in [0.4, 0.5) is 0 Å². The average Bonchev–Trinajstić information content (AvgIpc) is 3.04. The van der Waals surface area contributed by atoms with Gasteiger partial charge < -0.3 is 14.6 Å². The summed E-state index contributed by atoms with van der Waals surface area (Å²) in [6.45, 7) is 9.12. The first-order valence-electron chi connectivity index (χ1n) is 8.18. The van der Waals surface area contributed by atoms with Gasteiger partial charge in [0.05, 0.1) is 19.2 Å². The second-order valence-electron chi connectivity index (χ2n) is 5.73.